The molecule has 1 aliphatic heterocycles. The average molecular weight is 329 g/mol. The van der Waals surface area contributed by atoms with Crippen LogP contribution in [-0.4, -0.2) is 64.4 Å². The molecule has 128 valence electrons. The summed E-state index contributed by atoms with van der Waals surface area (Å²) in [5.74, 6) is -0.605. The number of para-hydroxylation sites is 2. The molecule has 1 atom stereocenters. The van der Waals surface area contributed by atoms with Crippen LogP contribution in [0.1, 0.15) is 6.42 Å². The molecule has 2 heterocycles. The van der Waals surface area contributed by atoms with Gasteiger partial charge in [0.15, 0.2) is 0 Å². The molecule has 2 amide bonds. The molecule has 0 spiro atoms. The largest absolute Gasteiger partial charge is 0.369 e. The molecule has 0 radical (unpaired) electrons. The summed E-state index contributed by atoms with van der Waals surface area (Å²) in [6.45, 7) is 2.97. The second-order valence-corrected chi connectivity index (χ2v) is 6.38. The van der Waals surface area contributed by atoms with Crippen LogP contribution in [0.25, 0.3) is 11.0 Å². The molecule has 1 saturated heterocycles. The number of rotatable bonds is 4. The summed E-state index contributed by atoms with van der Waals surface area (Å²) < 4.78 is 1.99. The highest BCUT2D eigenvalue weighted by Crippen LogP contribution is 2.14. The van der Waals surface area contributed by atoms with E-state index in [0.29, 0.717) is 32.6 Å². The molecule has 1 aliphatic rings. The van der Waals surface area contributed by atoms with Gasteiger partial charge in [-0.3, -0.25) is 9.59 Å². The highest BCUT2D eigenvalue weighted by atomic mass is 16.2. The highest BCUT2D eigenvalue weighted by molar-refractivity contribution is 5.80. The van der Waals surface area contributed by atoms with E-state index in [1.165, 1.54) is 0 Å². The molecule has 0 saturated carbocycles. The Hall–Kier alpha value is -2.41. The predicted octanol–water partition coefficient (Wildman–Crippen LogP) is 0.302. The van der Waals surface area contributed by atoms with Gasteiger partial charge in [0.25, 0.3) is 0 Å². The Morgan fingerprint density at radius 2 is 2.04 bits per heavy atom. The first-order chi connectivity index (χ1) is 11.5. The third-order valence-corrected chi connectivity index (χ3v) is 4.57. The van der Waals surface area contributed by atoms with Gasteiger partial charge < -0.3 is 20.1 Å². The quantitative estimate of drug-likeness (QED) is 0.874. The molecule has 2 N–H and O–H groups in total. The number of hydrogen-bond donors (Lipinski definition) is 1. The second-order valence-electron chi connectivity index (χ2n) is 6.38. The van der Waals surface area contributed by atoms with Gasteiger partial charge in [-0.1, -0.05) is 12.1 Å². The lowest BCUT2D eigenvalue weighted by Gasteiger charge is -2.22. The van der Waals surface area contributed by atoms with Crippen LogP contribution in [0.2, 0.25) is 0 Å². The van der Waals surface area contributed by atoms with E-state index in [2.05, 4.69) is 4.98 Å². The third kappa shape index (κ3) is 3.56. The van der Waals surface area contributed by atoms with Gasteiger partial charge in [0.05, 0.1) is 23.3 Å². The average Bonchev–Trinajstić information content (AvgIpc) is 2.87. The Bertz CT molecular complexity index is 741. The van der Waals surface area contributed by atoms with E-state index in [0.717, 1.165) is 17.6 Å². The number of imidazole rings is 1. The van der Waals surface area contributed by atoms with Crippen molar-refractivity contribution >= 4 is 22.8 Å². The molecule has 2 aromatic rings. The van der Waals surface area contributed by atoms with Crippen molar-refractivity contribution in [1.29, 1.82) is 0 Å². The van der Waals surface area contributed by atoms with E-state index in [1.54, 1.807) is 11.2 Å². The van der Waals surface area contributed by atoms with Gasteiger partial charge in [-0.15, -0.1) is 0 Å². The molecule has 0 aliphatic carbocycles. The fraction of sp³-hybridized carbons (Fsp3) is 0.471. The van der Waals surface area contributed by atoms with E-state index >= 15 is 0 Å². The minimum atomic E-state index is -0.345. The molecular weight excluding hydrogens is 306 g/mol. The van der Waals surface area contributed by atoms with Gasteiger partial charge in [0.1, 0.15) is 0 Å². The molecule has 24 heavy (non-hydrogen) atoms. The Morgan fingerprint density at radius 1 is 1.25 bits per heavy atom. The molecule has 3 rings (SSSR count). The maximum Gasteiger partial charge on any atom is 0.224 e. The molecule has 1 unspecified atom stereocenters. The number of likely N-dealkylation sites (N-methyl/N-ethyl adjacent to an activating group) is 1. The first-order valence-corrected chi connectivity index (χ1v) is 8.20. The van der Waals surface area contributed by atoms with Crippen LogP contribution < -0.4 is 5.73 Å². The number of carbonyl (C=O) groups excluding carboxylic acids is 2. The Labute approximate surface area is 141 Å². The fourth-order valence-electron chi connectivity index (χ4n) is 3.14. The van der Waals surface area contributed by atoms with Crippen LogP contribution in [0.4, 0.5) is 0 Å². The second kappa shape index (κ2) is 7.00. The number of primary amides is 1. The molecule has 0 bridgehead atoms. The number of fused-ring (bicyclic) bond motifs is 1. The monoisotopic (exact) mass is 329 g/mol. The van der Waals surface area contributed by atoms with E-state index in [1.807, 2.05) is 40.8 Å². The molecule has 1 aromatic heterocycles. The predicted molar refractivity (Wildman–Crippen MR) is 91.1 cm³/mol. The lowest BCUT2D eigenvalue weighted by molar-refractivity contribution is -0.132. The number of aromatic nitrogens is 2. The van der Waals surface area contributed by atoms with Gasteiger partial charge in [-0.05, 0) is 19.2 Å². The molecule has 1 fully saturated rings. The van der Waals surface area contributed by atoms with Gasteiger partial charge in [-0.2, -0.15) is 0 Å². The highest BCUT2D eigenvalue weighted by Gasteiger charge is 2.27. The van der Waals surface area contributed by atoms with Crippen molar-refractivity contribution in [3.8, 4) is 0 Å². The Kier molecular flexibility index (Phi) is 4.80. The van der Waals surface area contributed by atoms with E-state index in [9.17, 15) is 9.59 Å². The maximum atomic E-state index is 12.6. The zero-order chi connectivity index (χ0) is 17.1. The number of carbonyl (C=O) groups is 2. The summed E-state index contributed by atoms with van der Waals surface area (Å²) in [4.78, 5) is 32.3. The van der Waals surface area contributed by atoms with Crippen molar-refractivity contribution in [3.63, 3.8) is 0 Å². The number of hydrogen-bond acceptors (Lipinski definition) is 4. The van der Waals surface area contributed by atoms with E-state index in [4.69, 9.17) is 5.73 Å². The maximum absolute atomic E-state index is 12.6. The number of aryl methyl sites for hydroxylation is 1. The normalized spacial score (nSPS) is 19.4. The molecule has 7 nitrogen and oxygen atoms in total. The summed E-state index contributed by atoms with van der Waals surface area (Å²) in [5, 5.41) is 0. The first-order valence-electron chi connectivity index (χ1n) is 8.20. The minimum absolute atomic E-state index is 0.0503. The van der Waals surface area contributed by atoms with Crippen molar-refractivity contribution in [3.05, 3.63) is 30.6 Å². The summed E-state index contributed by atoms with van der Waals surface area (Å²) in [6.07, 6.45) is 2.15. The summed E-state index contributed by atoms with van der Waals surface area (Å²) in [6, 6.07) is 7.86. The number of benzene rings is 1. The van der Waals surface area contributed by atoms with E-state index in [-0.39, 0.29) is 17.7 Å². The van der Waals surface area contributed by atoms with Crippen LogP contribution in [0.5, 0.6) is 0 Å². The number of amides is 2. The first kappa shape index (κ1) is 16.4. The zero-order valence-electron chi connectivity index (χ0n) is 13.9. The van der Waals surface area contributed by atoms with Crippen LogP contribution in [0, 0.1) is 5.92 Å². The van der Waals surface area contributed by atoms with Crippen LogP contribution in [-0.2, 0) is 16.1 Å². The van der Waals surface area contributed by atoms with Crippen molar-refractivity contribution < 1.29 is 9.59 Å². The summed E-state index contributed by atoms with van der Waals surface area (Å²) in [5.41, 5.74) is 7.41. The Morgan fingerprint density at radius 3 is 2.83 bits per heavy atom. The molecule has 7 heteroatoms. The van der Waals surface area contributed by atoms with Crippen molar-refractivity contribution in [2.75, 3.05) is 33.2 Å². The summed E-state index contributed by atoms with van der Waals surface area (Å²) >= 11 is 0. The van der Waals surface area contributed by atoms with Crippen LogP contribution in [0.3, 0.4) is 0 Å². The standard InChI is InChI=1S/C17H23N5O2/c1-20-8-9-21(11-13(10-20)17(18)24)16(23)6-7-22-12-19-14-4-2-3-5-15(14)22/h2-5,12-13H,6-11H2,1H3,(H2,18,24). The van der Waals surface area contributed by atoms with Crippen molar-refractivity contribution in [2.45, 2.75) is 13.0 Å². The lowest BCUT2D eigenvalue weighted by atomic mass is 10.1. The topological polar surface area (TPSA) is 84.5 Å². The van der Waals surface area contributed by atoms with Crippen molar-refractivity contribution in [1.82, 2.24) is 19.4 Å². The van der Waals surface area contributed by atoms with Crippen LogP contribution in [0.15, 0.2) is 30.6 Å². The SMILES string of the molecule is CN1CCN(C(=O)CCn2cnc3ccccc32)CC(C(N)=O)C1. The van der Waals surface area contributed by atoms with Gasteiger partial charge in [0.2, 0.25) is 11.8 Å². The fourth-order valence-corrected chi connectivity index (χ4v) is 3.14. The van der Waals surface area contributed by atoms with Gasteiger partial charge in [0, 0.05) is 39.1 Å². The number of nitrogens with two attached hydrogens (primary N) is 1. The van der Waals surface area contributed by atoms with Crippen molar-refractivity contribution in [2.24, 2.45) is 11.7 Å². The smallest absolute Gasteiger partial charge is 0.224 e. The minimum Gasteiger partial charge on any atom is -0.369 e. The third-order valence-electron chi connectivity index (χ3n) is 4.57. The van der Waals surface area contributed by atoms with E-state index < -0.39 is 0 Å². The van der Waals surface area contributed by atoms with Crippen LogP contribution >= 0.6 is 0 Å². The molecular formula is C17H23N5O2. The molecule has 1 aromatic carbocycles. The summed E-state index contributed by atoms with van der Waals surface area (Å²) in [7, 11) is 1.95. The number of nitrogens with zero attached hydrogens (tertiary/aromatic N) is 4. The zero-order valence-corrected chi connectivity index (χ0v) is 13.9. The lowest BCUT2D eigenvalue weighted by Crippen LogP contribution is -2.40. The van der Waals surface area contributed by atoms with Gasteiger partial charge in [-0.25, -0.2) is 4.98 Å². The Balaban J connectivity index is 1.64. The van der Waals surface area contributed by atoms with Gasteiger partial charge >= 0.3 is 0 Å².